The fourth-order valence-corrected chi connectivity index (χ4v) is 7.00. The molecule has 1 heterocycles. The van der Waals surface area contributed by atoms with Crippen LogP contribution in [-0.2, 0) is 14.8 Å². The van der Waals surface area contributed by atoms with Gasteiger partial charge in [-0.1, -0.05) is 134 Å². The molecule has 206 valence electrons. The molecule has 36 heavy (non-hydrogen) atoms. The highest BCUT2D eigenvalue weighted by atomic mass is 32.2. The molecular weight excluding hydrogens is 488 g/mol. The third-order valence-electron chi connectivity index (χ3n) is 7.04. The molecule has 1 N–H and O–H groups in total. The predicted molar refractivity (Wildman–Crippen MR) is 155 cm³/mol. The summed E-state index contributed by atoms with van der Waals surface area (Å²) in [6.07, 6.45) is 21.5. The first-order chi connectivity index (χ1) is 17.4. The van der Waals surface area contributed by atoms with Gasteiger partial charge in [-0.3, -0.25) is 10.1 Å². The summed E-state index contributed by atoms with van der Waals surface area (Å²) >= 11 is 1.66. The van der Waals surface area contributed by atoms with E-state index in [-0.39, 0.29) is 17.8 Å². The third kappa shape index (κ3) is 12.5. The summed E-state index contributed by atoms with van der Waals surface area (Å²) in [6.45, 7) is 2.56. The minimum atomic E-state index is -3.57. The van der Waals surface area contributed by atoms with Gasteiger partial charge in [0, 0.05) is 12.3 Å². The number of hydrogen-bond donors (Lipinski definition) is 1. The number of rotatable bonds is 20. The molecule has 2 atom stereocenters. The van der Waals surface area contributed by atoms with Crippen molar-refractivity contribution >= 4 is 27.7 Å². The van der Waals surface area contributed by atoms with E-state index >= 15 is 0 Å². The lowest BCUT2D eigenvalue weighted by molar-refractivity contribution is -0.128. The van der Waals surface area contributed by atoms with Crippen molar-refractivity contribution in [3.8, 4) is 0 Å². The van der Waals surface area contributed by atoms with Crippen LogP contribution in [0.15, 0.2) is 30.3 Å². The number of carbonyl (C=O) groups excluding carboxylic acids is 1. The van der Waals surface area contributed by atoms with E-state index in [9.17, 15) is 13.2 Å². The molecule has 0 saturated carbocycles. The van der Waals surface area contributed by atoms with Crippen LogP contribution in [0.4, 0.5) is 0 Å². The average molecular weight is 539 g/mol. The Kier molecular flexibility index (Phi) is 15.8. The van der Waals surface area contributed by atoms with Crippen LogP contribution in [0.3, 0.4) is 0 Å². The predicted octanol–water partition coefficient (Wildman–Crippen LogP) is 7.44. The molecular formula is C29H50N2O3S2. The van der Waals surface area contributed by atoms with Crippen molar-refractivity contribution in [2.75, 3.05) is 18.6 Å². The van der Waals surface area contributed by atoms with Gasteiger partial charge in [-0.25, -0.2) is 12.7 Å². The molecule has 1 aromatic carbocycles. The molecule has 2 unspecified atom stereocenters. The van der Waals surface area contributed by atoms with Crippen LogP contribution in [0.2, 0.25) is 0 Å². The molecule has 0 spiro atoms. The van der Waals surface area contributed by atoms with E-state index in [0.29, 0.717) is 5.75 Å². The molecule has 1 amide bonds. The summed E-state index contributed by atoms with van der Waals surface area (Å²) in [6, 6.07) is 9.52. The van der Waals surface area contributed by atoms with Crippen molar-refractivity contribution in [2.45, 2.75) is 121 Å². The van der Waals surface area contributed by atoms with Crippen molar-refractivity contribution < 1.29 is 13.2 Å². The van der Waals surface area contributed by atoms with Gasteiger partial charge in [-0.05, 0) is 12.0 Å². The maximum absolute atomic E-state index is 13.0. The highest BCUT2D eigenvalue weighted by molar-refractivity contribution is 7.99. The van der Waals surface area contributed by atoms with Crippen molar-refractivity contribution in [1.29, 1.82) is 0 Å². The van der Waals surface area contributed by atoms with E-state index < -0.39 is 16.1 Å². The first kappa shape index (κ1) is 31.2. The molecule has 7 heteroatoms. The summed E-state index contributed by atoms with van der Waals surface area (Å²) in [5.41, 5.74) is 1.11. The quantitative estimate of drug-likeness (QED) is 0.175. The standard InChI is InChI=1S/C29H50N2O3S2/c1-3-4-5-6-7-8-9-10-11-12-13-14-15-16-17-21-24-31(36(2,33)34)29(32)27-25-35-28(30-27)26-22-19-18-20-23-26/h18-20,22-23,27-28,30H,3-17,21,24-25H2,1-2H3. The zero-order valence-corrected chi connectivity index (χ0v) is 24.4. The molecule has 1 saturated heterocycles. The SMILES string of the molecule is CCCCCCCCCCCCCCCCCCN(C(=O)C1CSC(c2ccccc2)N1)S(C)(=O)=O. The largest absolute Gasteiger partial charge is 0.290 e. The van der Waals surface area contributed by atoms with Crippen LogP contribution in [0, 0.1) is 0 Å². The van der Waals surface area contributed by atoms with Crippen LogP contribution in [-0.4, -0.2) is 43.2 Å². The highest BCUT2D eigenvalue weighted by Gasteiger charge is 2.36. The van der Waals surface area contributed by atoms with E-state index in [1.54, 1.807) is 11.8 Å². The number of hydrogen-bond acceptors (Lipinski definition) is 5. The van der Waals surface area contributed by atoms with Gasteiger partial charge in [0.2, 0.25) is 10.0 Å². The van der Waals surface area contributed by atoms with Gasteiger partial charge in [0.05, 0.1) is 17.7 Å². The topological polar surface area (TPSA) is 66.5 Å². The minimum Gasteiger partial charge on any atom is -0.290 e. The van der Waals surface area contributed by atoms with Gasteiger partial charge < -0.3 is 0 Å². The molecule has 0 aliphatic carbocycles. The number of nitrogens with one attached hydrogen (secondary N) is 1. The van der Waals surface area contributed by atoms with Crippen molar-refractivity contribution in [2.24, 2.45) is 0 Å². The number of unbranched alkanes of at least 4 members (excludes halogenated alkanes) is 15. The maximum atomic E-state index is 13.0. The first-order valence-corrected chi connectivity index (χ1v) is 17.3. The first-order valence-electron chi connectivity index (χ1n) is 14.4. The number of carbonyl (C=O) groups is 1. The summed E-state index contributed by atoms with van der Waals surface area (Å²) in [4.78, 5) is 13.0. The van der Waals surface area contributed by atoms with Gasteiger partial charge >= 0.3 is 0 Å². The molecule has 1 aliphatic rings. The van der Waals surface area contributed by atoms with Gasteiger partial charge in [-0.15, -0.1) is 11.8 Å². The Bertz CT molecular complexity index is 817. The summed E-state index contributed by atoms with van der Waals surface area (Å²) in [5, 5.41) is 3.35. The Balaban J connectivity index is 1.53. The fraction of sp³-hybridized carbons (Fsp3) is 0.759. The second-order valence-electron chi connectivity index (χ2n) is 10.3. The lowest BCUT2D eigenvalue weighted by Crippen LogP contribution is -2.48. The third-order valence-corrected chi connectivity index (χ3v) is 9.47. The molecule has 1 aliphatic heterocycles. The smallest absolute Gasteiger partial charge is 0.254 e. The van der Waals surface area contributed by atoms with Crippen LogP contribution in [0.5, 0.6) is 0 Å². The highest BCUT2D eigenvalue weighted by Crippen LogP contribution is 2.33. The zero-order valence-electron chi connectivity index (χ0n) is 22.8. The second kappa shape index (κ2) is 18.2. The van der Waals surface area contributed by atoms with Gasteiger partial charge in [-0.2, -0.15) is 0 Å². The normalized spacial score (nSPS) is 17.9. The average Bonchev–Trinajstić information content (AvgIpc) is 3.36. The van der Waals surface area contributed by atoms with E-state index in [4.69, 9.17) is 0 Å². The molecule has 0 bridgehead atoms. The summed E-state index contributed by atoms with van der Waals surface area (Å²) in [7, 11) is -3.57. The maximum Gasteiger partial charge on any atom is 0.254 e. The van der Waals surface area contributed by atoms with E-state index in [1.165, 1.54) is 83.5 Å². The summed E-state index contributed by atoms with van der Waals surface area (Å²) < 4.78 is 25.8. The molecule has 2 rings (SSSR count). The monoisotopic (exact) mass is 538 g/mol. The lowest BCUT2D eigenvalue weighted by atomic mass is 10.0. The number of amides is 1. The van der Waals surface area contributed by atoms with E-state index in [2.05, 4.69) is 12.2 Å². The van der Waals surface area contributed by atoms with E-state index in [0.717, 1.165) is 35.4 Å². The van der Waals surface area contributed by atoms with Crippen LogP contribution < -0.4 is 5.32 Å². The number of benzene rings is 1. The Morgan fingerprint density at radius 1 is 0.833 bits per heavy atom. The van der Waals surface area contributed by atoms with E-state index in [1.807, 2.05) is 30.3 Å². The molecule has 1 aromatic rings. The van der Waals surface area contributed by atoms with Crippen molar-refractivity contribution in [3.05, 3.63) is 35.9 Å². The van der Waals surface area contributed by atoms with Gasteiger partial charge in [0.1, 0.15) is 0 Å². The molecule has 5 nitrogen and oxygen atoms in total. The Hall–Kier alpha value is -1.05. The number of sulfonamides is 1. The van der Waals surface area contributed by atoms with Crippen molar-refractivity contribution in [1.82, 2.24) is 9.62 Å². The van der Waals surface area contributed by atoms with Crippen LogP contribution in [0.25, 0.3) is 0 Å². The van der Waals surface area contributed by atoms with Crippen LogP contribution >= 0.6 is 11.8 Å². The van der Waals surface area contributed by atoms with Crippen molar-refractivity contribution in [3.63, 3.8) is 0 Å². The van der Waals surface area contributed by atoms with Gasteiger partial charge in [0.15, 0.2) is 0 Å². The van der Waals surface area contributed by atoms with Crippen LogP contribution in [0.1, 0.15) is 121 Å². The summed E-state index contributed by atoms with van der Waals surface area (Å²) in [5.74, 6) is 0.271. The zero-order chi connectivity index (χ0) is 26.1. The Labute approximate surface area is 225 Å². The minimum absolute atomic E-state index is 0.0251. The molecule has 0 radical (unpaired) electrons. The Morgan fingerprint density at radius 2 is 1.31 bits per heavy atom. The lowest BCUT2D eigenvalue weighted by Gasteiger charge is -2.24. The molecule has 1 fully saturated rings. The molecule has 0 aromatic heterocycles. The fourth-order valence-electron chi connectivity index (χ4n) is 4.85. The Morgan fingerprint density at radius 3 is 1.78 bits per heavy atom. The van der Waals surface area contributed by atoms with Gasteiger partial charge in [0.25, 0.3) is 5.91 Å². The number of thioether (sulfide) groups is 1. The second-order valence-corrected chi connectivity index (χ2v) is 13.4. The number of nitrogens with zero attached hydrogens (tertiary/aromatic N) is 1.